The lowest BCUT2D eigenvalue weighted by Crippen LogP contribution is -2.05. The quantitative estimate of drug-likeness (QED) is 0.664. The Morgan fingerprint density at radius 3 is 2.45 bits per heavy atom. The van der Waals surface area contributed by atoms with Crippen LogP contribution in [0.25, 0.3) is 0 Å². The Balaban J connectivity index is 1.62. The van der Waals surface area contributed by atoms with Crippen molar-refractivity contribution >= 4 is 28.9 Å². The van der Waals surface area contributed by atoms with Crippen molar-refractivity contribution in [3.63, 3.8) is 0 Å². The predicted molar refractivity (Wildman–Crippen MR) is 92.7 cm³/mol. The summed E-state index contributed by atoms with van der Waals surface area (Å²) < 4.78 is 10.8. The Bertz CT molecular complexity index is 588. The van der Waals surface area contributed by atoms with Crippen LogP contribution >= 0.6 is 23.2 Å². The number of methoxy groups -OCH3 is 1. The normalized spacial score (nSPS) is 10.3. The highest BCUT2D eigenvalue weighted by atomic mass is 35.5. The molecule has 0 fully saturated rings. The van der Waals surface area contributed by atoms with Crippen molar-refractivity contribution in [2.75, 3.05) is 25.6 Å². The van der Waals surface area contributed by atoms with E-state index < -0.39 is 0 Å². The Hall–Kier alpha value is -1.58. The van der Waals surface area contributed by atoms with Crippen LogP contribution in [0.3, 0.4) is 0 Å². The molecule has 0 unspecified atom stereocenters. The van der Waals surface area contributed by atoms with E-state index in [1.165, 1.54) is 0 Å². The molecule has 0 radical (unpaired) electrons. The minimum atomic E-state index is 0.545. The summed E-state index contributed by atoms with van der Waals surface area (Å²) in [5.41, 5.74) is 1.09. The van der Waals surface area contributed by atoms with Crippen LogP contribution in [0.1, 0.15) is 12.8 Å². The Morgan fingerprint density at radius 1 is 1.00 bits per heavy atom. The first-order valence-corrected chi connectivity index (χ1v) is 7.90. The van der Waals surface area contributed by atoms with E-state index in [1.54, 1.807) is 25.3 Å². The molecule has 0 aliphatic rings. The molecule has 2 aromatic carbocycles. The second-order valence-electron chi connectivity index (χ2n) is 4.79. The molecule has 0 aliphatic carbocycles. The van der Waals surface area contributed by atoms with Crippen LogP contribution in [-0.4, -0.2) is 20.3 Å². The fourth-order valence-corrected chi connectivity index (χ4v) is 2.41. The van der Waals surface area contributed by atoms with Gasteiger partial charge in [-0.2, -0.15) is 0 Å². The van der Waals surface area contributed by atoms with Gasteiger partial charge in [0.15, 0.2) is 0 Å². The summed E-state index contributed by atoms with van der Waals surface area (Å²) in [5.74, 6) is 1.54. The SMILES string of the molecule is COc1ccc(NCCCCOc2ccc(Cl)cc2Cl)cc1. The highest BCUT2D eigenvalue weighted by Gasteiger charge is 2.02. The fraction of sp³-hybridized carbons (Fsp3) is 0.294. The van der Waals surface area contributed by atoms with Crippen LogP contribution in [0.15, 0.2) is 42.5 Å². The van der Waals surface area contributed by atoms with Crippen molar-refractivity contribution in [3.8, 4) is 11.5 Å². The van der Waals surface area contributed by atoms with Crippen LogP contribution in [0, 0.1) is 0 Å². The average Bonchev–Trinajstić information content (AvgIpc) is 2.53. The molecule has 0 saturated heterocycles. The number of benzene rings is 2. The first-order chi connectivity index (χ1) is 10.7. The number of anilines is 1. The lowest BCUT2D eigenvalue weighted by Gasteiger charge is -2.09. The Morgan fingerprint density at radius 2 is 1.77 bits per heavy atom. The summed E-state index contributed by atoms with van der Waals surface area (Å²) in [6, 6.07) is 13.1. The number of hydrogen-bond acceptors (Lipinski definition) is 3. The smallest absolute Gasteiger partial charge is 0.137 e. The van der Waals surface area contributed by atoms with Crippen molar-refractivity contribution in [1.82, 2.24) is 0 Å². The minimum absolute atomic E-state index is 0.545. The van der Waals surface area contributed by atoms with Crippen molar-refractivity contribution in [3.05, 3.63) is 52.5 Å². The first-order valence-electron chi connectivity index (χ1n) is 7.15. The third-order valence-corrected chi connectivity index (χ3v) is 3.67. The number of hydrogen-bond donors (Lipinski definition) is 1. The third-order valence-electron chi connectivity index (χ3n) is 3.14. The molecule has 22 heavy (non-hydrogen) atoms. The standard InChI is InChI=1S/C17H19Cl2NO2/c1-21-15-7-5-14(6-8-15)20-10-2-3-11-22-17-9-4-13(18)12-16(17)19/h4-9,12,20H,2-3,10-11H2,1H3. The molecule has 0 amide bonds. The first kappa shape index (κ1) is 16.8. The number of unbranched alkanes of at least 4 members (excludes halogenated alkanes) is 1. The average molecular weight is 340 g/mol. The number of nitrogens with one attached hydrogen (secondary N) is 1. The lowest BCUT2D eigenvalue weighted by molar-refractivity contribution is 0.308. The van der Waals surface area contributed by atoms with Crippen molar-refractivity contribution in [2.24, 2.45) is 0 Å². The summed E-state index contributed by atoms with van der Waals surface area (Å²) >= 11 is 11.9. The minimum Gasteiger partial charge on any atom is -0.497 e. The summed E-state index contributed by atoms with van der Waals surface area (Å²) in [5, 5.41) is 4.52. The maximum absolute atomic E-state index is 6.04. The molecule has 5 heteroatoms. The maximum Gasteiger partial charge on any atom is 0.137 e. The molecule has 0 spiro atoms. The van der Waals surface area contributed by atoms with Crippen LogP contribution in [0.5, 0.6) is 11.5 Å². The van der Waals surface area contributed by atoms with Crippen LogP contribution in [-0.2, 0) is 0 Å². The molecule has 0 aromatic heterocycles. The molecule has 0 aliphatic heterocycles. The molecule has 0 bridgehead atoms. The Kier molecular flexibility index (Phi) is 6.69. The van der Waals surface area contributed by atoms with Gasteiger partial charge in [0.25, 0.3) is 0 Å². The van der Waals surface area contributed by atoms with Crippen molar-refractivity contribution < 1.29 is 9.47 Å². The topological polar surface area (TPSA) is 30.5 Å². The second-order valence-corrected chi connectivity index (χ2v) is 5.63. The van der Waals surface area contributed by atoms with Crippen molar-refractivity contribution in [1.29, 1.82) is 0 Å². The Labute approximate surface area is 141 Å². The molecule has 2 rings (SSSR count). The van der Waals surface area contributed by atoms with E-state index >= 15 is 0 Å². The maximum atomic E-state index is 6.04. The van der Waals surface area contributed by atoms with E-state index in [0.29, 0.717) is 22.4 Å². The van der Waals surface area contributed by atoms with Gasteiger partial charge in [0.1, 0.15) is 11.5 Å². The zero-order valence-corrected chi connectivity index (χ0v) is 14.0. The van der Waals surface area contributed by atoms with Gasteiger partial charge in [-0.15, -0.1) is 0 Å². The molecule has 1 N–H and O–H groups in total. The van der Waals surface area contributed by atoms with E-state index in [-0.39, 0.29) is 0 Å². The number of rotatable bonds is 8. The van der Waals surface area contributed by atoms with E-state index in [0.717, 1.165) is 30.8 Å². The summed E-state index contributed by atoms with van der Waals surface area (Å²) in [7, 11) is 1.66. The van der Waals surface area contributed by atoms with Crippen molar-refractivity contribution in [2.45, 2.75) is 12.8 Å². The number of ether oxygens (including phenoxy) is 2. The van der Waals surface area contributed by atoms with Gasteiger partial charge in [0.05, 0.1) is 18.7 Å². The van der Waals surface area contributed by atoms with E-state index in [2.05, 4.69) is 5.32 Å². The van der Waals surface area contributed by atoms with Gasteiger partial charge in [0.2, 0.25) is 0 Å². The van der Waals surface area contributed by atoms with Gasteiger partial charge in [-0.05, 0) is 55.3 Å². The van der Waals surface area contributed by atoms with Crippen LogP contribution in [0.4, 0.5) is 5.69 Å². The third kappa shape index (κ3) is 5.32. The van der Waals surface area contributed by atoms with Gasteiger partial charge in [-0.3, -0.25) is 0 Å². The molecular formula is C17H19Cl2NO2. The second kappa shape index (κ2) is 8.76. The zero-order valence-electron chi connectivity index (χ0n) is 12.4. The highest BCUT2D eigenvalue weighted by Crippen LogP contribution is 2.27. The fourth-order valence-electron chi connectivity index (χ4n) is 1.94. The lowest BCUT2D eigenvalue weighted by atomic mass is 10.2. The largest absolute Gasteiger partial charge is 0.497 e. The molecule has 0 heterocycles. The summed E-state index contributed by atoms with van der Waals surface area (Å²) in [4.78, 5) is 0. The summed E-state index contributed by atoms with van der Waals surface area (Å²) in [6.07, 6.45) is 1.96. The van der Waals surface area contributed by atoms with Gasteiger partial charge in [0, 0.05) is 17.3 Å². The van der Waals surface area contributed by atoms with E-state index in [9.17, 15) is 0 Å². The van der Waals surface area contributed by atoms with Crippen LogP contribution in [0.2, 0.25) is 10.0 Å². The van der Waals surface area contributed by atoms with Crippen LogP contribution < -0.4 is 14.8 Å². The molecular weight excluding hydrogens is 321 g/mol. The molecule has 118 valence electrons. The van der Waals surface area contributed by atoms with Gasteiger partial charge in [-0.25, -0.2) is 0 Å². The van der Waals surface area contributed by atoms with Gasteiger partial charge >= 0.3 is 0 Å². The highest BCUT2D eigenvalue weighted by molar-refractivity contribution is 6.35. The van der Waals surface area contributed by atoms with Gasteiger partial charge < -0.3 is 14.8 Å². The monoisotopic (exact) mass is 339 g/mol. The van der Waals surface area contributed by atoms with E-state index in [4.69, 9.17) is 32.7 Å². The molecule has 3 nitrogen and oxygen atoms in total. The van der Waals surface area contributed by atoms with E-state index in [1.807, 2.05) is 24.3 Å². The molecule has 2 aromatic rings. The zero-order chi connectivity index (χ0) is 15.8. The molecule has 0 saturated carbocycles. The molecule has 0 atom stereocenters. The predicted octanol–water partition coefficient (Wildman–Crippen LogP) is 5.27. The summed E-state index contributed by atoms with van der Waals surface area (Å²) in [6.45, 7) is 1.52. The number of halogens is 2. The van der Waals surface area contributed by atoms with Gasteiger partial charge in [-0.1, -0.05) is 23.2 Å².